The molecule has 0 bridgehead atoms. The normalized spacial score (nSPS) is 28.4. The first kappa shape index (κ1) is 11.9. The summed E-state index contributed by atoms with van der Waals surface area (Å²) in [7, 11) is -1.65. The molecule has 0 aliphatic heterocycles. The molecule has 2 nitrogen and oxygen atoms in total. The van der Waals surface area contributed by atoms with Crippen LogP contribution in [0.4, 0.5) is 0 Å². The van der Waals surface area contributed by atoms with Crippen molar-refractivity contribution in [3.05, 3.63) is 0 Å². The van der Waals surface area contributed by atoms with Gasteiger partial charge in [0.2, 0.25) is 0 Å². The van der Waals surface area contributed by atoms with Crippen LogP contribution in [-0.4, -0.2) is 20.7 Å². The Bertz CT molecular complexity index is 218. The van der Waals surface area contributed by atoms with Crippen molar-refractivity contribution < 1.29 is 9.22 Å². The molecule has 82 valence electrons. The molecule has 0 amide bonds. The van der Waals surface area contributed by atoms with Gasteiger partial charge in [-0.1, -0.05) is 20.8 Å². The molecule has 2 unspecified atom stereocenters. The summed E-state index contributed by atoms with van der Waals surface area (Å²) in [5.41, 5.74) is 0. The van der Waals surface area contributed by atoms with Gasteiger partial charge < -0.3 is 9.22 Å². The molecule has 1 saturated carbocycles. The zero-order chi connectivity index (χ0) is 11.0. The fourth-order valence-electron chi connectivity index (χ4n) is 1.35. The Hall–Kier alpha value is -0.153. The molecule has 3 heteroatoms. The van der Waals surface area contributed by atoms with E-state index >= 15 is 0 Å². The van der Waals surface area contributed by atoms with Crippen molar-refractivity contribution in [2.75, 3.05) is 0 Å². The minimum absolute atomic E-state index is 0.170. The second-order valence-electron chi connectivity index (χ2n) is 5.79. The van der Waals surface area contributed by atoms with Gasteiger partial charge in [-0.2, -0.15) is 0 Å². The second kappa shape index (κ2) is 3.78. The van der Waals surface area contributed by atoms with Gasteiger partial charge >= 0.3 is 0 Å². The SMILES string of the molecule is CC(C)(C)[Si](C)(C)OC1CCC1C=O. The van der Waals surface area contributed by atoms with Crippen molar-refractivity contribution in [3.63, 3.8) is 0 Å². The lowest BCUT2D eigenvalue weighted by atomic mass is 9.83. The van der Waals surface area contributed by atoms with E-state index in [2.05, 4.69) is 33.9 Å². The Morgan fingerprint density at radius 3 is 2.14 bits per heavy atom. The lowest BCUT2D eigenvalue weighted by molar-refractivity contribution is -0.118. The number of hydrogen-bond donors (Lipinski definition) is 0. The molecule has 0 aromatic heterocycles. The van der Waals surface area contributed by atoms with Crippen LogP contribution in [0.5, 0.6) is 0 Å². The van der Waals surface area contributed by atoms with Crippen molar-refractivity contribution in [2.45, 2.75) is 57.8 Å². The summed E-state index contributed by atoms with van der Waals surface area (Å²) in [6, 6.07) is 0. The summed E-state index contributed by atoms with van der Waals surface area (Å²) in [5.74, 6) is 0.170. The fraction of sp³-hybridized carbons (Fsp3) is 0.909. The molecule has 0 spiro atoms. The molecule has 1 aliphatic carbocycles. The van der Waals surface area contributed by atoms with Gasteiger partial charge in [0.05, 0.1) is 6.10 Å². The quantitative estimate of drug-likeness (QED) is 0.533. The monoisotopic (exact) mass is 214 g/mol. The molecule has 0 N–H and O–H groups in total. The number of rotatable bonds is 3. The van der Waals surface area contributed by atoms with Crippen molar-refractivity contribution in [1.82, 2.24) is 0 Å². The molecule has 1 aliphatic rings. The maximum Gasteiger partial charge on any atom is 0.192 e. The summed E-state index contributed by atoms with van der Waals surface area (Å²) in [4.78, 5) is 10.7. The third-order valence-corrected chi connectivity index (χ3v) is 8.19. The lowest BCUT2D eigenvalue weighted by Gasteiger charge is -2.44. The fourth-order valence-corrected chi connectivity index (χ4v) is 2.76. The van der Waals surface area contributed by atoms with Gasteiger partial charge in [-0.05, 0) is 31.0 Å². The van der Waals surface area contributed by atoms with Crippen LogP contribution in [0.15, 0.2) is 0 Å². The van der Waals surface area contributed by atoms with E-state index in [-0.39, 0.29) is 17.1 Å². The minimum atomic E-state index is -1.65. The number of carbonyl (C=O) groups excluding carboxylic acids is 1. The van der Waals surface area contributed by atoms with E-state index in [9.17, 15) is 4.79 Å². The molecule has 1 fully saturated rings. The predicted molar refractivity (Wildman–Crippen MR) is 60.9 cm³/mol. The van der Waals surface area contributed by atoms with Crippen molar-refractivity contribution in [3.8, 4) is 0 Å². The van der Waals surface area contributed by atoms with E-state index in [4.69, 9.17) is 4.43 Å². The first-order valence-electron chi connectivity index (χ1n) is 5.41. The maximum atomic E-state index is 10.7. The molecular weight excluding hydrogens is 192 g/mol. The number of carbonyl (C=O) groups is 1. The van der Waals surface area contributed by atoms with Crippen molar-refractivity contribution in [2.24, 2.45) is 5.92 Å². The summed E-state index contributed by atoms with van der Waals surface area (Å²) >= 11 is 0. The molecule has 2 atom stereocenters. The zero-order valence-electron chi connectivity index (χ0n) is 9.96. The summed E-state index contributed by atoms with van der Waals surface area (Å²) < 4.78 is 6.15. The topological polar surface area (TPSA) is 26.3 Å². The van der Waals surface area contributed by atoms with Crippen LogP contribution in [0.25, 0.3) is 0 Å². The van der Waals surface area contributed by atoms with Crippen molar-refractivity contribution in [1.29, 1.82) is 0 Å². The highest BCUT2D eigenvalue weighted by atomic mass is 28.4. The molecule has 0 heterocycles. The lowest BCUT2D eigenvalue weighted by Crippen LogP contribution is -2.49. The smallest absolute Gasteiger partial charge is 0.192 e. The summed E-state index contributed by atoms with van der Waals surface area (Å²) in [6.45, 7) is 11.2. The highest BCUT2D eigenvalue weighted by molar-refractivity contribution is 6.74. The predicted octanol–water partition coefficient (Wildman–Crippen LogP) is 2.99. The van der Waals surface area contributed by atoms with E-state index in [1.165, 1.54) is 0 Å². The van der Waals surface area contributed by atoms with Crippen LogP contribution in [0.1, 0.15) is 33.6 Å². The summed E-state index contributed by atoms with van der Waals surface area (Å²) in [5, 5.41) is 0.246. The van der Waals surface area contributed by atoms with E-state index in [1.807, 2.05) is 0 Å². The molecule has 1 rings (SSSR count). The molecule has 0 aromatic rings. The molecule has 0 saturated heterocycles. The van der Waals surface area contributed by atoms with E-state index < -0.39 is 8.32 Å². The van der Waals surface area contributed by atoms with Crippen LogP contribution in [0.3, 0.4) is 0 Å². The first-order valence-corrected chi connectivity index (χ1v) is 8.32. The molecule has 0 radical (unpaired) electrons. The van der Waals surface area contributed by atoms with Crippen LogP contribution in [0, 0.1) is 5.92 Å². The highest BCUT2D eigenvalue weighted by Crippen LogP contribution is 2.41. The van der Waals surface area contributed by atoms with Gasteiger partial charge in [-0.3, -0.25) is 0 Å². The minimum Gasteiger partial charge on any atom is -0.413 e. The number of hydrogen-bond acceptors (Lipinski definition) is 2. The average molecular weight is 214 g/mol. The van der Waals surface area contributed by atoms with Crippen LogP contribution >= 0.6 is 0 Å². The Morgan fingerprint density at radius 2 is 1.86 bits per heavy atom. The van der Waals surface area contributed by atoms with Gasteiger partial charge in [0.1, 0.15) is 6.29 Å². The third kappa shape index (κ3) is 2.26. The maximum absolute atomic E-state index is 10.7. The third-order valence-electron chi connectivity index (χ3n) is 3.69. The Morgan fingerprint density at radius 1 is 1.29 bits per heavy atom. The molecule has 14 heavy (non-hydrogen) atoms. The number of aldehydes is 1. The van der Waals surface area contributed by atoms with Gasteiger partial charge in [0, 0.05) is 5.92 Å². The zero-order valence-corrected chi connectivity index (χ0v) is 11.0. The highest BCUT2D eigenvalue weighted by Gasteiger charge is 2.43. The van der Waals surface area contributed by atoms with Gasteiger partial charge in [0.15, 0.2) is 8.32 Å². The molecule has 0 aromatic carbocycles. The Balaban J connectivity index is 2.55. The first-order chi connectivity index (χ1) is 6.28. The van der Waals surface area contributed by atoms with Crippen molar-refractivity contribution >= 4 is 14.6 Å². The largest absolute Gasteiger partial charge is 0.413 e. The Labute approximate surface area is 88.2 Å². The van der Waals surface area contributed by atoms with E-state index in [0.29, 0.717) is 0 Å². The van der Waals surface area contributed by atoms with Gasteiger partial charge in [-0.15, -0.1) is 0 Å². The Kier molecular flexibility index (Phi) is 3.22. The van der Waals surface area contributed by atoms with Crippen LogP contribution in [0.2, 0.25) is 18.1 Å². The average Bonchev–Trinajstić information content (AvgIpc) is 1.97. The molecular formula is C11H22O2Si. The standard InChI is InChI=1S/C11H22O2Si/c1-11(2,3)14(4,5)13-10-7-6-9(10)8-12/h8-10H,6-7H2,1-5H3. The summed E-state index contributed by atoms with van der Waals surface area (Å²) in [6.07, 6.45) is 3.36. The van der Waals surface area contributed by atoms with E-state index in [1.54, 1.807) is 0 Å². The second-order valence-corrected chi connectivity index (χ2v) is 10.6. The van der Waals surface area contributed by atoms with E-state index in [0.717, 1.165) is 19.1 Å². The van der Waals surface area contributed by atoms with Gasteiger partial charge in [0.25, 0.3) is 0 Å². The van der Waals surface area contributed by atoms with Crippen LogP contribution < -0.4 is 0 Å². The van der Waals surface area contributed by atoms with Gasteiger partial charge in [-0.25, -0.2) is 0 Å². The van der Waals surface area contributed by atoms with Crippen LogP contribution in [-0.2, 0) is 9.22 Å².